The number of esters is 1. The maximum Gasteiger partial charge on any atom is 0.341 e. The summed E-state index contributed by atoms with van der Waals surface area (Å²) in [6, 6.07) is 5.71. The molecule has 1 N–H and O–H groups in total. The molecule has 0 unspecified atom stereocenters. The van der Waals surface area contributed by atoms with Crippen LogP contribution in [0.25, 0.3) is 0 Å². The van der Waals surface area contributed by atoms with E-state index in [2.05, 4.69) is 5.32 Å². The second-order valence-electron chi connectivity index (χ2n) is 9.18. The molecule has 3 heterocycles. The maximum absolute atomic E-state index is 13.1. The molecule has 2 aliphatic rings. The Kier molecular flexibility index (Phi) is 8.02. The van der Waals surface area contributed by atoms with E-state index in [-0.39, 0.29) is 48.3 Å². The van der Waals surface area contributed by atoms with Gasteiger partial charge in [-0.3, -0.25) is 9.59 Å². The number of rotatable bonds is 6. The van der Waals surface area contributed by atoms with E-state index >= 15 is 0 Å². The van der Waals surface area contributed by atoms with Gasteiger partial charge in [0.25, 0.3) is 5.91 Å². The Balaban J connectivity index is 1.56. The largest absolute Gasteiger partial charge is 0.462 e. The van der Waals surface area contributed by atoms with E-state index in [1.807, 2.05) is 13.8 Å². The Morgan fingerprint density at radius 2 is 1.78 bits per heavy atom. The quantitative estimate of drug-likeness (QED) is 0.550. The first-order valence-electron chi connectivity index (χ1n) is 12.2. The molecule has 0 saturated carbocycles. The summed E-state index contributed by atoms with van der Waals surface area (Å²) in [6.45, 7) is 8.42. The van der Waals surface area contributed by atoms with Crippen molar-refractivity contribution in [1.29, 1.82) is 0 Å². The lowest BCUT2D eigenvalue weighted by Gasteiger charge is -2.34. The van der Waals surface area contributed by atoms with Crippen molar-refractivity contribution >= 4 is 44.1 Å². The first-order valence-corrected chi connectivity index (χ1v) is 14.4. The van der Waals surface area contributed by atoms with Gasteiger partial charge < -0.3 is 19.7 Å². The molecule has 0 bridgehead atoms. The molecule has 1 saturated heterocycles. The van der Waals surface area contributed by atoms with Crippen LogP contribution in [-0.2, 0) is 37.3 Å². The van der Waals surface area contributed by atoms with Gasteiger partial charge in [-0.05, 0) is 57.0 Å². The van der Waals surface area contributed by atoms with Crippen LogP contribution >= 0.6 is 11.3 Å². The van der Waals surface area contributed by atoms with Gasteiger partial charge in [-0.2, -0.15) is 4.31 Å². The summed E-state index contributed by atoms with van der Waals surface area (Å²) in [7, 11) is -3.74. The fourth-order valence-electron chi connectivity index (χ4n) is 4.61. The molecule has 0 radical (unpaired) electrons. The fourth-order valence-corrected chi connectivity index (χ4v) is 7.45. The Bertz CT molecular complexity index is 1290. The van der Waals surface area contributed by atoms with E-state index in [0.29, 0.717) is 30.1 Å². The van der Waals surface area contributed by atoms with Crippen molar-refractivity contribution in [2.24, 2.45) is 0 Å². The normalized spacial score (nSPS) is 20.3. The molecule has 4 rings (SSSR count). The lowest BCUT2D eigenvalue weighted by Crippen LogP contribution is -2.48. The van der Waals surface area contributed by atoms with Gasteiger partial charge in [0.1, 0.15) is 5.00 Å². The van der Waals surface area contributed by atoms with Crippen LogP contribution in [0.1, 0.15) is 58.9 Å². The molecule has 2 atom stereocenters. The molecule has 0 spiro atoms. The van der Waals surface area contributed by atoms with Crippen molar-refractivity contribution in [3.63, 3.8) is 0 Å². The SMILES string of the molecule is CCOC(=O)c1c(NC(=O)c2ccc(S(=O)(=O)N3C[C@@H](C)O[C@H](C)C3)cc2)sc2c1CCN(C(C)=O)C2. The molecule has 2 amide bonds. The lowest BCUT2D eigenvalue weighted by atomic mass is 10.0. The van der Waals surface area contributed by atoms with Crippen LogP contribution in [0, 0.1) is 0 Å². The molecule has 1 aromatic heterocycles. The zero-order valence-electron chi connectivity index (χ0n) is 21.3. The Morgan fingerprint density at radius 1 is 1.14 bits per heavy atom. The third-order valence-electron chi connectivity index (χ3n) is 6.35. The summed E-state index contributed by atoms with van der Waals surface area (Å²) >= 11 is 1.25. The number of benzene rings is 1. The average Bonchev–Trinajstić information content (AvgIpc) is 3.20. The van der Waals surface area contributed by atoms with Crippen LogP contribution in [0.2, 0.25) is 0 Å². The molecule has 1 fully saturated rings. The van der Waals surface area contributed by atoms with Crippen molar-refractivity contribution in [2.75, 3.05) is 31.6 Å². The zero-order chi connectivity index (χ0) is 26.9. The number of sulfonamides is 1. The number of thiophene rings is 1. The number of amides is 2. The number of nitrogens with one attached hydrogen (secondary N) is 1. The third-order valence-corrected chi connectivity index (χ3v) is 9.33. The average molecular weight is 550 g/mol. The molecule has 1 aromatic carbocycles. The molecule has 12 heteroatoms. The van der Waals surface area contributed by atoms with Crippen molar-refractivity contribution in [2.45, 2.75) is 57.8 Å². The number of morpholine rings is 1. The van der Waals surface area contributed by atoms with Crippen LogP contribution in [0.5, 0.6) is 0 Å². The van der Waals surface area contributed by atoms with E-state index in [9.17, 15) is 22.8 Å². The number of carbonyl (C=O) groups excluding carboxylic acids is 3. The Morgan fingerprint density at radius 3 is 2.38 bits per heavy atom. The molecular formula is C25H31N3O7S2. The Hall–Kier alpha value is -2.80. The van der Waals surface area contributed by atoms with Crippen molar-refractivity contribution < 1.29 is 32.3 Å². The summed E-state index contributed by atoms with van der Waals surface area (Å²) < 4.78 is 38.5. The number of carbonyl (C=O) groups is 3. The highest BCUT2D eigenvalue weighted by Crippen LogP contribution is 2.38. The van der Waals surface area contributed by atoms with Gasteiger partial charge in [0.2, 0.25) is 15.9 Å². The number of hydrogen-bond acceptors (Lipinski definition) is 8. The fraction of sp³-hybridized carbons (Fsp3) is 0.480. The van der Waals surface area contributed by atoms with Gasteiger partial charge in [0, 0.05) is 37.0 Å². The van der Waals surface area contributed by atoms with Gasteiger partial charge in [0.15, 0.2) is 0 Å². The lowest BCUT2D eigenvalue weighted by molar-refractivity contribution is -0.129. The second-order valence-corrected chi connectivity index (χ2v) is 12.2. The highest BCUT2D eigenvalue weighted by Gasteiger charge is 2.33. The number of anilines is 1. The van der Waals surface area contributed by atoms with Gasteiger partial charge in [0.05, 0.1) is 35.8 Å². The van der Waals surface area contributed by atoms with E-state index in [1.165, 1.54) is 46.8 Å². The maximum atomic E-state index is 13.1. The van der Waals surface area contributed by atoms with Crippen molar-refractivity contribution in [1.82, 2.24) is 9.21 Å². The van der Waals surface area contributed by atoms with E-state index in [1.54, 1.807) is 11.8 Å². The van der Waals surface area contributed by atoms with Crippen LogP contribution in [0.15, 0.2) is 29.2 Å². The first kappa shape index (κ1) is 27.2. The predicted octanol–water partition coefficient (Wildman–Crippen LogP) is 2.88. The zero-order valence-corrected chi connectivity index (χ0v) is 22.9. The van der Waals surface area contributed by atoms with Crippen LogP contribution in [0.3, 0.4) is 0 Å². The third kappa shape index (κ3) is 5.71. The predicted molar refractivity (Wildman–Crippen MR) is 138 cm³/mol. The highest BCUT2D eigenvalue weighted by atomic mass is 32.2. The summed E-state index contributed by atoms with van der Waals surface area (Å²) in [5.41, 5.74) is 1.34. The number of nitrogens with zero attached hydrogens (tertiary/aromatic N) is 2. The van der Waals surface area contributed by atoms with Gasteiger partial charge >= 0.3 is 5.97 Å². The van der Waals surface area contributed by atoms with Gasteiger partial charge in [-0.25, -0.2) is 13.2 Å². The molecule has 2 aliphatic heterocycles. The highest BCUT2D eigenvalue weighted by molar-refractivity contribution is 7.89. The first-order chi connectivity index (χ1) is 17.5. The molecule has 0 aliphatic carbocycles. The molecule has 37 heavy (non-hydrogen) atoms. The van der Waals surface area contributed by atoms with Crippen molar-refractivity contribution in [3.8, 4) is 0 Å². The van der Waals surface area contributed by atoms with Gasteiger partial charge in [-0.15, -0.1) is 11.3 Å². The van der Waals surface area contributed by atoms with Gasteiger partial charge in [-0.1, -0.05) is 0 Å². The summed E-state index contributed by atoms with van der Waals surface area (Å²) in [5.74, 6) is -1.06. The summed E-state index contributed by atoms with van der Waals surface area (Å²) in [4.78, 5) is 40.3. The van der Waals surface area contributed by atoms with Crippen LogP contribution < -0.4 is 5.32 Å². The second kappa shape index (κ2) is 10.9. The molecule has 2 aromatic rings. The smallest absolute Gasteiger partial charge is 0.341 e. The molecule has 10 nitrogen and oxygen atoms in total. The topological polar surface area (TPSA) is 122 Å². The number of hydrogen-bond donors (Lipinski definition) is 1. The van der Waals surface area contributed by atoms with E-state index in [0.717, 1.165) is 10.4 Å². The minimum Gasteiger partial charge on any atom is -0.462 e. The molecule has 200 valence electrons. The summed E-state index contributed by atoms with van der Waals surface area (Å²) in [5, 5.41) is 3.15. The summed E-state index contributed by atoms with van der Waals surface area (Å²) in [6.07, 6.45) is 0.0634. The monoisotopic (exact) mass is 549 g/mol. The van der Waals surface area contributed by atoms with E-state index < -0.39 is 21.9 Å². The van der Waals surface area contributed by atoms with Crippen LogP contribution in [0.4, 0.5) is 5.00 Å². The minimum absolute atomic E-state index is 0.0571. The molecular weight excluding hydrogens is 518 g/mol. The van der Waals surface area contributed by atoms with E-state index in [4.69, 9.17) is 9.47 Å². The number of fused-ring (bicyclic) bond motifs is 1. The number of ether oxygens (including phenoxy) is 2. The minimum atomic E-state index is -3.74. The van der Waals surface area contributed by atoms with Crippen LogP contribution in [-0.4, -0.2) is 73.9 Å². The Labute approximate surface area is 220 Å². The standard InChI is InChI=1S/C25H31N3O7S2/c1-5-34-25(31)22-20-10-11-27(17(4)29)14-21(20)36-24(22)26-23(30)18-6-8-19(9-7-18)37(32,33)28-12-15(2)35-16(3)13-28/h6-9,15-16H,5,10-14H2,1-4H3,(H,26,30)/t15-,16-/m1/s1. The van der Waals surface area contributed by atoms with Crippen molar-refractivity contribution in [3.05, 3.63) is 45.8 Å².